The van der Waals surface area contributed by atoms with Crippen LogP contribution in [0.3, 0.4) is 0 Å². The van der Waals surface area contributed by atoms with Crippen LogP contribution in [-0.2, 0) is 4.79 Å². The molecule has 7 nitrogen and oxygen atoms in total. The summed E-state index contributed by atoms with van der Waals surface area (Å²) in [6, 6.07) is 4.37. The number of nitrogens with zero attached hydrogens (tertiary/aromatic N) is 1. The Morgan fingerprint density at radius 2 is 2.05 bits per heavy atom. The van der Waals surface area contributed by atoms with E-state index in [1.807, 2.05) is 13.8 Å². The molecule has 7 heteroatoms. The molecule has 0 fully saturated rings. The number of aliphatic carboxylic acids is 1. The molecule has 1 amide bonds. The normalized spacial score (nSPS) is 10.4. The van der Waals surface area contributed by atoms with Gasteiger partial charge in [0.1, 0.15) is 0 Å². The molecule has 1 aromatic carbocycles. The number of rotatable bonds is 7. The lowest BCUT2D eigenvalue weighted by Crippen LogP contribution is -2.25. The maximum Gasteiger partial charge on any atom is 0.303 e. The molecule has 0 radical (unpaired) electrons. The summed E-state index contributed by atoms with van der Waals surface area (Å²) < 4.78 is 0. The van der Waals surface area contributed by atoms with Crippen LogP contribution in [0.15, 0.2) is 18.2 Å². The summed E-state index contributed by atoms with van der Waals surface area (Å²) >= 11 is 0. The molecular formula is C14H18N2O5. The fourth-order valence-corrected chi connectivity index (χ4v) is 1.87. The molecule has 0 bridgehead atoms. The van der Waals surface area contributed by atoms with Crippen LogP contribution in [0.4, 0.5) is 5.69 Å². The summed E-state index contributed by atoms with van der Waals surface area (Å²) in [7, 11) is 0. The van der Waals surface area contributed by atoms with Gasteiger partial charge in [0.2, 0.25) is 0 Å². The topological polar surface area (TPSA) is 110 Å². The number of nitro benzene ring substituents is 1. The molecule has 21 heavy (non-hydrogen) atoms. The van der Waals surface area contributed by atoms with Crippen molar-refractivity contribution in [2.45, 2.75) is 32.6 Å². The minimum absolute atomic E-state index is 0.0157. The van der Waals surface area contributed by atoms with E-state index in [1.165, 1.54) is 12.1 Å². The highest BCUT2D eigenvalue weighted by molar-refractivity contribution is 5.95. The molecule has 1 aromatic rings. The van der Waals surface area contributed by atoms with Gasteiger partial charge in [0, 0.05) is 30.2 Å². The summed E-state index contributed by atoms with van der Waals surface area (Å²) in [5.74, 6) is -1.39. The van der Waals surface area contributed by atoms with E-state index in [0.29, 0.717) is 12.0 Å². The summed E-state index contributed by atoms with van der Waals surface area (Å²) in [6.45, 7) is 3.90. The van der Waals surface area contributed by atoms with Gasteiger partial charge in [-0.1, -0.05) is 19.9 Å². The zero-order chi connectivity index (χ0) is 16.0. The van der Waals surface area contributed by atoms with Gasteiger partial charge in [-0.25, -0.2) is 0 Å². The fraction of sp³-hybridized carbons (Fsp3) is 0.429. The molecule has 0 atom stereocenters. The number of nitro groups is 1. The molecule has 114 valence electrons. The Morgan fingerprint density at radius 1 is 1.38 bits per heavy atom. The van der Waals surface area contributed by atoms with Gasteiger partial charge in [0.25, 0.3) is 11.6 Å². The number of hydrogen-bond donors (Lipinski definition) is 2. The lowest BCUT2D eigenvalue weighted by Gasteiger charge is -2.09. The predicted molar refractivity (Wildman–Crippen MR) is 76.4 cm³/mol. The first kappa shape index (κ1) is 16.6. The van der Waals surface area contributed by atoms with Gasteiger partial charge in [-0.3, -0.25) is 19.7 Å². The molecule has 0 saturated heterocycles. The van der Waals surface area contributed by atoms with Gasteiger partial charge in [-0.15, -0.1) is 0 Å². The Morgan fingerprint density at radius 3 is 2.57 bits per heavy atom. The van der Waals surface area contributed by atoms with Gasteiger partial charge < -0.3 is 10.4 Å². The molecule has 0 aliphatic carbocycles. The van der Waals surface area contributed by atoms with E-state index in [4.69, 9.17) is 5.11 Å². The Kier molecular flexibility index (Phi) is 5.83. The molecule has 0 aromatic heterocycles. The first-order chi connectivity index (χ1) is 9.82. The fourth-order valence-electron chi connectivity index (χ4n) is 1.87. The Hall–Kier alpha value is -2.44. The number of carbonyl (C=O) groups excluding carboxylic acids is 1. The molecule has 0 aliphatic rings. The largest absolute Gasteiger partial charge is 0.481 e. The van der Waals surface area contributed by atoms with Crippen molar-refractivity contribution in [2.24, 2.45) is 0 Å². The molecule has 0 saturated carbocycles. The first-order valence-electron chi connectivity index (χ1n) is 6.61. The number of carboxylic acid groups (broad SMARTS) is 1. The highest BCUT2D eigenvalue weighted by Gasteiger charge is 2.19. The van der Waals surface area contributed by atoms with Crippen molar-refractivity contribution in [3.05, 3.63) is 39.4 Å². The first-order valence-corrected chi connectivity index (χ1v) is 6.61. The number of amides is 1. The van der Waals surface area contributed by atoms with E-state index in [0.717, 1.165) is 0 Å². The van der Waals surface area contributed by atoms with E-state index >= 15 is 0 Å². The SMILES string of the molecule is CC(C)c1ccc(C(=O)NCCCC(=O)O)cc1[N+](=O)[O-]. The summed E-state index contributed by atoms with van der Waals surface area (Å²) in [4.78, 5) is 32.8. The average molecular weight is 294 g/mol. The Bertz CT molecular complexity index is 554. The smallest absolute Gasteiger partial charge is 0.303 e. The van der Waals surface area contributed by atoms with Crippen molar-refractivity contribution in [1.29, 1.82) is 0 Å². The number of nitrogens with one attached hydrogen (secondary N) is 1. The number of carboxylic acids is 1. The average Bonchev–Trinajstić information content (AvgIpc) is 2.42. The molecule has 0 heterocycles. The minimum atomic E-state index is -0.929. The van der Waals surface area contributed by atoms with Crippen LogP contribution in [0, 0.1) is 10.1 Å². The van der Waals surface area contributed by atoms with Crippen molar-refractivity contribution in [3.63, 3.8) is 0 Å². The zero-order valence-corrected chi connectivity index (χ0v) is 12.0. The van der Waals surface area contributed by atoms with Crippen LogP contribution in [0.5, 0.6) is 0 Å². The van der Waals surface area contributed by atoms with E-state index < -0.39 is 16.8 Å². The zero-order valence-electron chi connectivity index (χ0n) is 12.0. The number of carbonyl (C=O) groups is 2. The second-order valence-electron chi connectivity index (χ2n) is 4.94. The van der Waals surface area contributed by atoms with Gasteiger partial charge in [-0.2, -0.15) is 0 Å². The molecule has 0 unspecified atom stereocenters. The molecule has 1 rings (SSSR count). The number of benzene rings is 1. The van der Waals surface area contributed by atoms with Crippen molar-refractivity contribution in [3.8, 4) is 0 Å². The van der Waals surface area contributed by atoms with Gasteiger partial charge >= 0.3 is 5.97 Å². The Labute approximate surface area is 122 Å². The third kappa shape index (κ3) is 4.87. The Balaban J connectivity index is 2.79. The quantitative estimate of drug-likeness (QED) is 0.455. The van der Waals surface area contributed by atoms with Crippen LogP contribution in [0.1, 0.15) is 48.5 Å². The third-order valence-electron chi connectivity index (χ3n) is 2.96. The van der Waals surface area contributed by atoms with Crippen molar-refractivity contribution in [2.75, 3.05) is 6.54 Å². The lowest BCUT2D eigenvalue weighted by molar-refractivity contribution is -0.385. The second-order valence-corrected chi connectivity index (χ2v) is 4.94. The predicted octanol–water partition coefficient (Wildman–Crippen LogP) is 2.31. The van der Waals surface area contributed by atoms with Crippen molar-refractivity contribution < 1.29 is 19.6 Å². The standard InChI is InChI=1S/C14H18N2O5/c1-9(2)11-6-5-10(8-12(11)16(20)21)14(19)15-7-3-4-13(17)18/h5-6,8-9H,3-4,7H2,1-2H3,(H,15,19)(H,17,18). The third-order valence-corrected chi connectivity index (χ3v) is 2.96. The maximum atomic E-state index is 11.9. The van der Waals surface area contributed by atoms with Gasteiger partial charge in [-0.05, 0) is 18.4 Å². The summed E-state index contributed by atoms with van der Waals surface area (Å²) in [6.07, 6.45) is 0.278. The lowest BCUT2D eigenvalue weighted by atomic mass is 9.99. The molecule has 0 aliphatic heterocycles. The minimum Gasteiger partial charge on any atom is -0.481 e. The maximum absolute atomic E-state index is 11.9. The monoisotopic (exact) mass is 294 g/mol. The van der Waals surface area contributed by atoms with Crippen LogP contribution >= 0.6 is 0 Å². The molecule has 0 spiro atoms. The van der Waals surface area contributed by atoms with Crippen LogP contribution in [0.2, 0.25) is 0 Å². The van der Waals surface area contributed by atoms with Crippen molar-refractivity contribution in [1.82, 2.24) is 5.32 Å². The van der Waals surface area contributed by atoms with E-state index in [2.05, 4.69) is 5.32 Å². The van der Waals surface area contributed by atoms with E-state index in [1.54, 1.807) is 6.07 Å². The van der Waals surface area contributed by atoms with E-state index in [-0.39, 0.29) is 30.1 Å². The summed E-state index contributed by atoms with van der Waals surface area (Å²) in [5, 5.41) is 22.1. The second kappa shape index (κ2) is 7.37. The highest BCUT2D eigenvalue weighted by atomic mass is 16.6. The van der Waals surface area contributed by atoms with Gasteiger partial charge in [0.05, 0.1) is 4.92 Å². The van der Waals surface area contributed by atoms with Crippen LogP contribution in [0.25, 0.3) is 0 Å². The summed E-state index contributed by atoms with van der Waals surface area (Å²) in [5.41, 5.74) is 0.687. The van der Waals surface area contributed by atoms with Gasteiger partial charge in [0.15, 0.2) is 0 Å². The molecular weight excluding hydrogens is 276 g/mol. The van der Waals surface area contributed by atoms with Crippen LogP contribution in [-0.4, -0.2) is 28.5 Å². The number of hydrogen-bond acceptors (Lipinski definition) is 4. The van der Waals surface area contributed by atoms with Crippen molar-refractivity contribution >= 4 is 17.6 Å². The van der Waals surface area contributed by atoms with E-state index in [9.17, 15) is 19.7 Å². The van der Waals surface area contributed by atoms with Crippen LogP contribution < -0.4 is 5.32 Å². The molecule has 2 N–H and O–H groups in total. The highest BCUT2D eigenvalue weighted by Crippen LogP contribution is 2.27.